The third kappa shape index (κ3) is 0.936. The number of aromatic amines is 1. The second-order valence-electron chi connectivity index (χ2n) is 2.36. The second kappa shape index (κ2) is 2.50. The summed E-state index contributed by atoms with van der Waals surface area (Å²) in [5, 5.41) is 9.26. The van der Waals surface area contributed by atoms with Crippen LogP contribution >= 0.6 is 11.6 Å². The Morgan fingerprint density at radius 1 is 1.50 bits per heavy atom. The van der Waals surface area contributed by atoms with Gasteiger partial charge >= 0.3 is 0 Å². The Labute approximate surface area is 73.6 Å². The molecule has 1 heterocycles. The monoisotopic (exact) mass is 177 g/mol. The fourth-order valence-corrected chi connectivity index (χ4v) is 1.32. The molecule has 0 spiro atoms. The number of nitrogens with zero attached hydrogens (tertiary/aromatic N) is 2. The van der Waals surface area contributed by atoms with E-state index in [9.17, 15) is 0 Å². The zero-order valence-corrected chi connectivity index (χ0v) is 6.76. The van der Waals surface area contributed by atoms with Crippen molar-refractivity contribution in [2.75, 3.05) is 0 Å². The van der Waals surface area contributed by atoms with E-state index in [1.54, 1.807) is 18.5 Å². The van der Waals surface area contributed by atoms with Gasteiger partial charge in [-0.25, -0.2) is 4.98 Å². The zero-order valence-electron chi connectivity index (χ0n) is 6.00. The van der Waals surface area contributed by atoms with Gasteiger partial charge in [-0.2, -0.15) is 5.26 Å². The van der Waals surface area contributed by atoms with Gasteiger partial charge in [-0.05, 0) is 12.1 Å². The molecule has 2 aromatic rings. The first-order chi connectivity index (χ1) is 5.81. The third-order valence-corrected chi connectivity index (χ3v) is 1.83. The van der Waals surface area contributed by atoms with Crippen LogP contribution in [0.15, 0.2) is 18.5 Å². The van der Waals surface area contributed by atoms with Crippen molar-refractivity contribution in [3.8, 4) is 6.07 Å². The molecule has 1 aromatic heterocycles. The van der Waals surface area contributed by atoms with Crippen LogP contribution in [0.5, 0.6) is 0 Å². The maximum atomic E-state index is 8.72. The topological polar surface area (TPSA) is 52.5 Å². The Hall–Kier alpha value is -1.53. The Morgan fingerprint density at radius 2 is 2.33 bits per heavy atom. The molecule has 0 bridgehead atoms. The van der Waals surface area contributed by atoms with Crippen LogP contribution in [0.4, 0.5) is 0 Å². The Morgan fingerprint density at radius 3 is 3.08 bits per heavy atom. The number of benzene rings is 1. The van der Waals surface area contributed by atoms with Gasteiger partial charge in [0, 0.05) is 5.02 Å². The minimum atomic E-state index is 0.499. The van der Waals surface area contributed by atoms with Crippen molar-refractivity contribution in [3.05, 3.63) is 29.0 Å². The number of imidazole rings is 1. The van der Waals surface area contributed by atoms with Crippen molar-refractivity contribution in [1.29, 1.82) is 5.26 Å². The second-order valence-corrected chi connectivity index (χ2v) is 2.80. The summed E-state index contributed by atoms with van der Waals surface area (Å²) >= 11 is 5.76. The average Bonchev–Trinajstić information content (AvgIpc) is 2.50. The number of aromatic nitrogens is 2. The standard InChI is InChI=1S/C8H4ClN3/c9-6-1-5(3-10)8-7(2-6)11-4-12-8/h1-2,4H,(H,11,12). The molecule has 0 amide bonds. The van der Waals surface area contributed by atoms with Crippen molar-refractivity contribution < 1.29 is 0 Å². The molecule has 1 N–H and O–H groups in total. The smallest absolute Gasteiger partial charge is 0.106 e. The molecule has 0 aliphatic heterocycles. The molecule has 0 saturated carbocycles. The van der Waals surface area contributed by atoms with Crippen LogP contribution in [0.1, 0.15) is 5.56 Å². The Kier molecular flexibility index (Phi) is 1.49. The molecule has 58 valence electrons. The van der Waals surface area contributed by atoms with Crippen LogP contribution in [-0.2, 0) is 0 Å². The van der Waals surface area contributed by atoms with Crippen LogP contribution in [0.3, 0.4) is 0 Å². The highest BCUT2D eigenvalue weighted by Gasteiger charge is 2.03. The average molecular weight is 178 g/mol. The molecular formula is C8H4ClN3. The maximum absolute atomic E-state index is 8.72. The van der Waals surface area contributed by atoms with E-state index >= 15 is 0 Å². The van der Waals surface area contributed by atoms with E-state index in [-0.39, 0.29) is 0 Å². The lowest BCUT2D eigenvalue weighted by Gasteiger charge is -1.92. The van der Waals surface area contributed by atoms with Crippen LogP contribution in [-0.4, -0.2) is 9.97 Å². The quantitative estimate of drug-likeness (QED) is 0.670. The molecule has 12 heavy (non-hydrogen) atoms. The fraction of sp³-hybridized carbons (Fsp3) is 0. The van der Waals surface area contributed by atoms with Gasteiger partial charge in [-0.15, -0.1) is 0 Å². The van der Waals surface area contributed by atoms with Gasteiger partial charge in [0.2, 0.25) is 0 Å². The van der Waals surface area contributed by atoms with Crippen molar-refractivity contribution in [2.45, 2.75) is 0 Å². The molecule has 1 aromatic carbocycles. The van der Waals surface area contributed by atoms with Gasteiger partial charge < -0.3 is 4.98 Å². The first-order valence-corrected chi connectivity index (χ1v) is 3.72. The number of rotatable bonds is 0. The van der Waals surface area contributed by atoms with Crippen molar-refractivity contribution >= 4 is 22.6 Å². The highest BCUT2D eigenvalue weighted by molar-refractivity contribution is 6.31. The molecule has 0 aliphatic rings. The van der Waals surface area contributed by atoms with E-state index in [4.69, 9.17) is 16.9 Å². The summed E-state index contributed by atoms with van der Waals surface area (Å²) in [7, 11) is 0. The summed E-state index contributed by atoms with van der Waals surface area (Å²) in [5.41, 5.74) is 1.96. The van der Waals surface area contributed by atoms with Crippen LogP contribution in [0.25, 0.3) is 11.0 Å². The predicted octanol–water partition coefficient (Wildman–Crippen LogP) is 2.09. The number of hydrogen-bond acceptors (Lipinski definition) is 2. The fourth-order valence-electron chi connectivity index (χ4n) is 1.10. The van der Waals surface area contributed by atoms with E-state index in [1.807, 2.05) is 6.07 Å². The summed E-state index contributed by atoms with van der Waals surface area (Å²) in [6, 6.07) is 5.37. The molecule has 4 heteroatoms. The van der Waals surface area contributed by atoms with Gasteiger partial charge in [0.1, 0.15) is 11.6 Å². The van der Waals surface area contributed by atoms with Gasteiger partial charge in [-0.3, -0.25) is 0 Å². The van der Waals surface area contributed by atoms with Crippen LogP contribution in [0, 0.1) is 11.3 Å². The summed E-state index contributed by atoms with van der Waals surface area (Å²) < 4.78 is 0. The summed E-state index contributed by atoms with van der Waals surface area (Å²) in [6.45, 7) is 0. The van der Waals surface area contributed by atoms with E-state index in [0.717, 1.165) is 5.52 Å². The van der Waals surface area contributed by atoms with Gasteiger partial charge in [-0.1, -0.05) is 11.6 Å². The highest BCUT2D eigenvalue weighted by Crippen LogP contribution is 2.19. The molecule has 0 atom stereocenters. The zero-order chi connectivity index (χ0) is 8.55. The highest BCUT2D eigenvalue weighted by atomic mass is 35.5. The first-order valence-electron chi connectivity index (χ1n) is 3.34. The minimum absolute atomic E-state index is 0.499. The molecular weight excluding hydrogens is 174 g/mol. The van der Waals surface area contributed by atoms with Gasteiger partial charge in [0.15, 0.2) is 0 Å². The molecule has 0 unspecified atom stereocenters. The number of fused-ring (bicyclic) bond motifs is 1. The van der Waals surface area contributed by atoms with E-state index in [0.29, 0.717) is 16.1 Å². The molecule has 0 radical (unpaired) electrons. The lowest BCUT2D eigenvalue weighted by Crippen LogP contribution is -1.78. The summed E-state index contributed by atoms with van der Waals surface area (Å²) in [6.07, 6.45) is 1.54. The number of nitrogens with one attached hydrogen (secondary N) is 1. The Bertz CT molecular complexity index is 467. The van der Waals surface area contributed by atoms with Crippen molar-refractivity contribution in [2.24, 2.45) is 0 Å². The van der Waals surface area contributed by atoms with E-state index < -0.39 is 0 Å². The van der Waals surface area contributed by atoms with Crippen molar-refractivity contribution in [1.82, 2.24) is 9.97 Å². The first kappa shape index (κ1) is 7.14. The number of nitriles is 1. The predicted molar refractivity (Wildman–Crippen MR) is 45.8 cm³/mol. The normalized spacial score (nSPS) is 10.0. The minimum Gasteiger partial charge on any atom is -0.345 e. The number of hydrogen-bond donors (Lipinski definition) is 1. The molecule has 2 rings (SSSR count). The number of H-pyrrole nitrogens is 1. The SMILES string of the molecule is N#Cc1cc(Cl)cc2[nH]cnc12. The molecule has 0 aliphatic carbocycles. The van der Waals surface area contributed by atoms with E-state index in [2.05, 4.69) is 9.97 Å². The van der Waals surface area contributed by atoms with Crippen molar-refractivity contribution in [3.63, 3.8) is 0 Å². The van der Waals surface area contributed by atoms with Gasteiger partial charge in [0.25, 0.3) is 0 Å². The van der Waals surface area contributed by atoms with E-state index in [1.165, 1.54) is 0 Å². The lowest BCUT2D eigenvalue weighted by molar-refractivity contribution is 1.34. The largest absolute Gasteiger partial charge is 0.345 e. The molecule has 3 nitrogen and oxygen atoms in total. The molecule has 0 saturated heterocycles. The Balaban J connectivity index is 2.91. The maximum Gasteiger partial charge on any atom is 0.106 e. The number of halogens is 1. The van der Waals surface area contributed by atoms with Crippen LogP contribution < -0.4 is 0 Å². The molecule has 0 fully saturated rings. The third-order valence-electron chi connectivity index (χ3n) is 1.61. The van der Waals surface area contributed by atoms with Gasteiger partial charge in [0.05, 0.1) is 17.4 Å². The summed E-state index contributed by atoms with van der Waals surface area (Å²) in [5.74, 6) is 0. The van der Waals surface area contributed by atoms with Crippen LogP contribution in [0.2, 0.25) is 5.02 Å². The lowest BCUT2D eigenvalue weighted by atomic mass is 10.2. The summed E-state index contributed by atoms with van der Waals surface area (Å²) in [4.78, 5) is 6.88.